The molecule has 0 unspecified atom stereocenters. The number of ether oxygens (including phenoxy) is 1. The van der Waals surface area contributed by atoms with Gasteiger partial charge in [-0.3, -0.25) is 13.7 Å². The van der Waals surface area contributed by atoms with Crippen LogP contribution in [0.2, 0.25) is 0 Å². The summed E-state index contributed by atoms with van der Waals surface area (Å²) >= 11 is 0. The normalized spacial score (nSPS) is 13.1. The van der Waals surface area contributed by atoms with Gasteiger partial charge in [0.15, 0.2) is 0 Å². The van der Waals surface area contributed by atoms with E-state index in [9.17, 15) is 2.74 Å². The molecule has 0 atom stereocenters. The molecule has 0 radical (unpaired) electrons. The maximum absolute atomic E-state index is 9.41. The molecule has 4 aromatic heterocycles. The van der Waals surface area contributed by atoms with Crippen LogP contribution in [0.5, 0.6) is 11.5 Å². The first-order valence-corrected chi connectivity index (χ1v) is 25.6. The molecule has 10 aromatic carbocycles. The molecule has 0 saturated heterocycles. The smallest absolute Gasteiger partial charge is 0.269 e. The molecule has 15 rings (SSSR count). The number of fused-ring (bicyclic) bond motifs is 13. The van der Waals surface area contributed by atoms with Crippen molar-refractivity contribution in [1.82, 2.24) is 18.7 Å². The van der Waals surface area contributed by atoms with Crippen molar-refractivity contribution in [3.63, 3.8) is 0 Å². The Morgan fingerprint density at radius 2 is 1.07 bits per heavy atom. The van der Waals surface area contributed by atoms with Crippen molar-refractivity contribution in [3.05, 3.63) is 255 Å². The molecule has 0 bridgehead atoms. The van der Waals surface area contributed by atoms with Crippen molar-refractivity contribution in [1.29, 1.82) is 0 Å². The Bertz CT molecular complexity index is 4900. The first-order chi connectivity index (χ1) is 39.4. The van der Waals surface area contributed by atoms with Gasteiger partial charge in [-0.25, -0.2) is 4.98 Å². The first kappa shape index (κ1) is 38.8. The van der Waals surface area contributed by atoms with Crippen LogP contribution in [0.15, 0.2) is 243 Å². The maximum atomic E-state index is 9.41. The maximum Gasteiger partial charge on any atom is 0.269 e. The van der Waals surface area contributed by atoms with Gasteiger partial charge < -0.3 is 9.30 Å². The van der Waals surface area contributed by atoms with Crippen LogP contribution in [0.1, 0.15) is 33.2 Å². The zero-order valence-electron chi connectivity index (χ0n) is 46.9. The van der Waals surface area contributed by atoms with Gasteiger partial charge in [-0.2, -0.15) is 0 Å². The highest BCUT2D eigenvalue weighted by molar-refractivity contribution is 6.11. The van der Waals surface area contributed by atoms with Gasteiger partial charge in [0.25, 0.3) is 6.33 Å². The molecule has 0 aliphatic carbocycles. The van der Waals surface area contributed by atoms with Gasteiger partial charge in [0.05, 0.1) is 57.0 Å². The number of hydrogen-bond acceptors (Lipinski definition) is 2. The molecular weight excluding hydrogens is 927 g/mol. The van der Waals surface area contributed by atoms with E-state index in [1.54, 1.807) is 0 Å². The van der Waals surface area contributed by atoms with Gasteiger partial charge in [-0.15, -0.1) is 0 Å². The highest BCUT2D eigenvalue weighted by atomic mass is 16.5. The molecule has 0 N–H and O–H groups in total. The van der Waals surface area contributed by atoms with Crippen molar-refractivity contribution in [2.24, 2.45) is 0 Å². The molecule has 6 nitrogen and oxygen atoms in total. The lowest BCUT2D eigenvalue weighted by Gasteiger charge is -2.22. The Balaban J connectivity index is 0.983. The monoisotopic (exact) mass is 980 g/mol. The van der Waals surface area contributed by atoms with Crippen molar-refractivity contribution in [3.8, 4) is 78.9 Å². The summed E-state index contributed by atoms with van der Waals surface area (Å²) in [6.07, 6.45) is 5.83. The predicted octanol–water partition coefficient (Wildman–Crippen LogP) is 17.4. The summed E-state index contributed by atoms with van der Waals surface area (Å²) in [5, 5.41) is 4.43. The van der Waals surface area contributed by atoms with Gasteiger partial charge in [0, 0.05) is 33.8 Å². The molecule has 0 saturated carbocycles. The molecule has 6 heteroatoms. The third-order valence-corrected chi connectivity index (χ3v) is 15.1. The minimum Gasteiger partial charge on any atom is -0.458 e. The minimum absolute atomic E-state index is 0.0660. The highest BCUT2D eigenvalue weighted by Gasteiger charge is 2.29. The fourth-order valence-electron chi connectivity index (χ4n) is 11.8. The fourth-order valence-corrected chi connectivity index (χ4v) is 11.8. The Morgan fingerprint density at radius 3 is 1.82 bits per heavy atom. The number of rotatable bonds is 6. The molecule has 0 fully saturated rings. The summed E-state index contributed by atoms with van der Waals surface area (Å²) in [6, 6.07) is 69.1. The third-order valence-electron chi connectivity index (χ3n) is 15.1. The largest absolute Gasteiger partial charge is 0.458 e. The second-order valence-corrected chi connectivity index (χ2v) is 20.5. The first-order valence-electron chi connectivity index (χ1n) is 28.1. The average molecular weight is 981 g/mol. The van der Waals surface area contributed by atoms with E-state index in [1.165, 1.54) is 5.56 Å². The zero-order chi connectivity index (χ0) is 55.0. The van der Waals surface area contributed by atoms with Crippen LogP contribution in [0.25, 0.3) is 122 Å². The van der Waals surface area contributed by atoms with Crippen LogP contribution in [0.4, 0.5) is 0 Å². The molecule has 76 heavy (non-hydrogen) atoms. The predicted molar refractivity (Wildman–Crippen MR) is 311 cm³/mol. The quantitative estimate of drug-likeness (QED) is 0.123. The second-order valence-electron chi connectivity index (χ2n) is 20.5. The number of benzene rings is 10. The molecular formula is C70H49N5O. The fraction of sp³-hybridized carbons (Fsp3) is 0.0571. The topological polar surface area (TPSA) is 40.8 Å². The van der Waals surface area contributed by atoms with Crippen molar-refractivity contribution >= 4 is 54.6 Å². The lowest BCUT2D eigenvalue weighted by atomic mass is 9.84. The third kappa shape index (κ3) is 6.73. The summed E-state index contributed by atoms with van der Waals surface area (Å²) in [7, 11) is 0. The SMILES string of the molecule is [2H]c1c([2H])c([2H])c(-c2cccc3c2-c2cccc(-n4c5ccccc5c5ccccc54)c2-[n+]2[c-]n(-c4cccc(Oc5ccc6c7ccccc7n(-c7cc(C(C)(C)C)ccn7)c6c5)c4)c4cccc(c42)-c2ccccc2-3)c([2H])c1[2H]. The minimum atomic E-state index is -0.442. The van der Waals surface area contributed by atoms with E-state index < -0.39 is 18.1 Å². The second kappa shape index (κ2) is 16.9. The van der Waals surface area contributed by atoms with Gasteiger partial charge in [-0.05, 0) is 122 Å². The number of aromatic nitrogens is 5. The van der Waals surface area contributed by atoms with Crippen LogP contribution in [-0.4, -0.2) is 18.7 Å². The van der Waals surface area contributed by atoms with E-state index in [-0.39, 0.29) is 23.1 Å². The van der Waals surface area contributed by atoms with Crippen LogP contribution >= 0.6 is 0 Å². The molecule has 5 heterocycles. The number of nitrogens with zero attached hydrogens (tertiary/aromatic N) is 5. The molecule has 0 spiro atoms. The molecule has 1 aliphatic rings. The van der Waals surface area contributed by atoms with Crippen molar-refractivity contribution in [2.75, 3.05) is 0 Å². The van der Waals surface area contributed by atoms with Crippen LogP contribution in [0.3, 0.4) is 0 Å². The Kier molecular flexibility index (Phi) is 8.62. The molecule has 1 aliphatic heterocycles. The summed E-state index contributed by atoms with van der Waals surface area (Å²) in [6.45, 7) is 6.65. The van der Waals surface area contributed by atoms with Gasteiger partial charge in [0.1, 0.15) is 17.3 Å². The van der Waals surface area contributed by atoms with E-state index in [0.717, 1.165) is 111 Å². The summed E-state index contributed by atoms with van der Waals surface area (Å²) in [5.41, 5.74) is 15.3. The van der Waals surface area contributed by atoms with Gasteiger partial charge in [-0.1, -0.05) is 184 Å². The van der Waals surface area contributed by atoms with Gasteiger partial charge in [0.2, 0.25) is 0 Å². The lowest BCUT2D eigenvalue weighted by molar-refractivity contribution is -0.571. The van der Waals surface area contributed by atoms with E-state index in [2.05, 4.69) is 203 Å². The van der Waals surface area contributed by atoms with Crippen LogP contribution in [0, 0.1) is 6.33 Å². The Hall–Kier alpha value is -9.78. The van der Waals surface area contributed by atoms with E-state index in [4.69, 9.17) is 13.8 Å². The number of para-hydroxylation sites is 5. The number of imidazole rings is 1. The highest BCUT2D eigenvalue weighted by Crippen LogP contribution is 2.49. The van der Waals surface area contributed by atoms with Crippen LogP contribution < -0.4 is 9.30 Å². The number of hydrogen-bond donors (Lipinski definition) is 0. The van der Waals surface area contributed by atoms with Crippen molar-refractivity contribution < 1.29 is 16.2 Å². The molecule has 360 valence electrons. The van der Waals surface area contributed by atoms with E-state index in [1.807, 2.05) is 54.7 Å². The van der Waals surface area contributed by atoms with E-state index in [0.29, 0.717) is 17.1 Å². The zero-order valence-corrected chi connectivity index (χ0v) is 41.9. The number of pyridine rings is 1. The average Bonchev–Trinajstić information content (AvgIpc) is 2.72. The molecule has 0 amide bonds. The Labute approximate surface area is 447 Å². The van der Waals surface area contributed by atoms with Crippen LogP contribution in [-0.2, 0) is 5.41 Å². The molecule has 14 aromatic rings. The Morgan fingerprint density at radius 1 is 0.487 bits per heavy atom. The van der Waals surface area contributed by atoms with Gasteiger partial charge >= 0.3 is 0 Å². The standard InChI is InChI=1S/C70H49N5O/c1-70(2,3)46-39-40-71-66(41-46)75-62-34-14-11-27-55(62)56-38-37-49(43-65(56)75)76-48-22-15-21-47(42-48)72-44-73-68-58(30-17-35-63(68)72)52-24-8-7-23-51(52)57-29-16-28-50(45-19-5-4-6-20-45)67(57)59-31-18-36-64(69(59)73)74-60-32-12-9-25-53(60)54-26-10-13-33-61(54)74/h4-43H,1-3H3/i4D,5D,6D,19D,20D. The lowest BCUT2D eigenvalue weighted by Crippen LogP contribution is -2.32. The summed E-state index contributed by atoms with van der Waals surface area (Å²) < 4.78 is 60.9. The summed E-state index contributed by atoms with van der Waals surface area (Å²) in [5.74, 6) is 2.15. The summed E-state index contributed by atoms with van der Waals surface area (Å²) in [4.78, 5) is 4.91. The van der Waals surface area contributed by atoms with E-state index >= 15 is 0 Å². The van der Waals surface area contributed by atoms with Crippen molar-refractivity contribution in [2.45, 2.75) is 26.2 Å².